The average molecular weight is 397 g/mol. The number of hydrogen-bond donors (Lipinski definition) is 1. The van der Waals surface area contributed by atoms with Gasteiger partial charge in [0.2, 0.25) is 0 Å². The fraction of sp³-hybridized carbons (Fsp3) is 0.450. The topological polar surface area (TPSA) is 96.9 Å². The van der Waals surface area contributed by atoms with Crippen LogP contribution in [0.25, 0.3) is 0 Å². The maximum Gasteiger partial charge on any atom is 0.270 e. The molecule has 152 valence electrons. The average Bonchev–Trinajstić information content (AvgIpc) is 2.73. The van der Waals surface area contributed by atoms with E-state index in [-0.39, 0.29) is 11.6 Å². The number of hydrogen-bond acceptors (Lipinski definition) is 6. The highest BCUT2D eigenvalue weighted by Gasteiger charge is 2.29. The van der Waals surface area contributed by atoms with Crippen LogP contribution in [0.1, 0.15) is 27.4 Å². The lowest BCUT2D eigenvalue weighted by Gasteiger charge is -2.35. The zero-order valence-electron chi connectivity index (χ0n) is 16.7. The van der Waals surface area contributed by atoms with Gasteiger partial charge in [-0.1, -0.05) is 6.07 Å². The third-order valence-electron chi connectivity index (χ3n) is 5.66. The Bertz CT molecular complexity index is 955. The Kier molecular flexibility index (Phi) is 5.14. The first kappa shape index (κ1) is 19.3. The van der Waals surface area contributed by atoms with Crippen molar-refractivity contribution in [3.8, 4) is 0 Å². The summed E-state index contributed by atoms with van der Waals surface area (Å²) < 4.78 is 0. The zero-order chi connectivity index (χ0) is 20.5. The molecule has 0 spiro atoms. The molecular weight excluding hydrogens is 372 g/mol. The largest absolute Gasteiger partial charge is 0.345 e. The summed E-state index contributed by atoms with van der Waals surface area (Å²) in [6, 6.07) is 5.91. The lowest BCUT2D eigenvalue weighted by Crippen LogP contribution is -3.12. The molecule has 0 bridgehead atoms. The Balaban J connectivity index is 1.61. The van der Waals surface area contributed by atoms with Crippen LogP contribution in [0.5, 0.6) is 0 Å². The lowest BCUT2D eigenvalue weighted by molar-refractivity contribution is -0.880. The summed E-state index contributed by atoms with van der Waals surface area (Å²) in [6.07, 6.45) is 0.658. The smallest absolute Gasteiger partial charge is 0.270 e. The van der Waals surface area contributed by atoms with Gasteiger partial charge in [0, 0.05) is 36.2 Å². The minimum absolute atomic E-state index is 0.0761. The number of benzene rings is 1. The van der Waals surface area contributed by atoms with E-state index in [2.05, 4.69) is 16.9 Å². The van der Waals surface area contributed by atoms with Crippen LogP contribution in [0.3, 0.4) is 0 Å². The standard InChI is InChI=1S/C20H24N6O3/c1-14-21-18-6-7-25(20(27)15-4-3-5-16(12-15)26(28)29)13-17(18)19(22-14)24-10-8-23(2)9-11-24/h3-5,12H,6-11,13H2,1-2H3/p+1. The molecule has 0 saturated carbocycles. The highest BCUT2D eigenvalue weighted by molar-refractivity contribution is 5.95. The quantitative estimate of drug-likeness (QED) is 0.588. The fourth-order valence-corrected chi connectivity index (χ4v) is 3.99. The molecule has 1 amide bonds. The number of carbonyl (C=O) groups excluding carboxylic acids is 1. The van der Waals surface area contributed by atoms with Gasteiger partial charge in [-0.3, -0.25) is 14.9 Å². The van der Waals surface area contributed by atoms with Gasteiger partial charge in [0.1, 0.15) is 11.6 Å². The van der Waals surface area contributed by atoms with Crippen molar-refractivity contribution in [1.29, 1.82) is 0 Å². The fourth-order valence-electron chi connectivity index (χ4n) is 3.99. The van der Waals surface area contributed by atoms with Crippen molar-refractivity contribution < 1.29 is 14.6 Å². The minimum Gasteiger partial charge on any atom is -0.345 e. The molecule has 1 aromatic heterocycles. The second-order valence-corrected chi connectivity index (χ2v) is 7.75. The number of anilines is 1. The number of nitro groups is 1. The van der Waals surface area contributed by atoms with Gasteiger partial charge < -0.3 is 14.7 Å². The second-order valence-electron chi connectivity index (χ2n) is 7.75. The SMILES string of the molecule is Cc1nc2c(c(N3CC[NH+](C)CC3)n1)CN(C(=O)c1cccc([N+](=O)[O-])c1)CC2. The molecule has 1 aromatic carbocycles. The Labute approximate surface area is 169 Å². The Hall–Kier alpha value is -3.07. The number of aromatic nitrogens is 2. The van der Waals surface area contributed by atoms with Crippen LogP contribution in [-0.2, 0) is 13.0 Å². The molecule has 0 unspecified atom stereocenters. The third-order valence-corrected chi connectivity index (χ3v) is 5.66. The van der Waals surface area contributed by atoms with Crippen LogP contribution in [0.15, 0.2) is 24.3 Å². The van der Waals surface area contributed by atoms with E-state index in [1.54, 1.807) is 17.0 Å². The summed E-state index contributed by atoms with van der Waals surface area (Å²) in [5.41, 5.74) is 2.26. The molecule has 4 rings (SSSR count). The van der Waals surface area contributed by atoms with Crippen molar-refractivity contribution in [3.05, 3.63) is 57.0 Å². The predicted octanol–water partition coefficient (Wildman–Crippen LogP) is 0.226. The Morgan fingerprint density at radius 1 is 1.21 bits per heavy atom. The molecule has 1 N–H and O–H groups in total. The number of quaternary nitrogens is 1. The molecular formula is C20H25N6O3+. The zero-order valence-corrected chi connectivity index (χ0v) is 16.7. The molecule has 1 fully saturated rings. The maximum atomic E-state index is 13.0. The Morgan fingerprint density at radius 2 is 1.97 bits per heavy atom. The van der Waals surface area contributed by atoms with Gasteiger partial charge in [0.15, 0.2) is 0 Å². The van der Waals surface area contributed by atoms with E-state index in [9.17, 15) is 14.9 Å². The van der Waals surface area contributed by atoms with Crippen LogP contribution < -0.4 is 9.80 Å². The number of nitrogens with zero attached hydrogens (tertiary/aromatic N) is 5. The number of nitro benzene ring substituents is 1. The van der Waals surface area contributed by atoms with Crippen LogP contribution in [-0.4, -0.2) is 65.5 Å². The van der Waals surface area contributed by atoms with E-state index >= 15 is 0 Å². The normalized spacial score (nSPS) is 17.2. The van der Waals surface area contributed by atoms with Crippen LogP contribution in [0.2, 0.25) is 0 Å². The van der Waals surface area contributed by atoms with E-state index in [4.69, 9.17) is 4.98 Å². The first-order valence-corrected chi connectivity index (χ1v) is 9.89. The molecule has 0 aliphatic carbocycles. The number of non-ortho nitro benzene ring substituents is 1. The highest BCUT2D eigenvalue weighted by Crippen LogP contribution is 2.28. The number of rotatable bonds is 3. The van der Waals surface area contributed by atoms with Crippen LogP contribution >= 0.6 is 0 Å². The predicted molar refractivity (Wildman–Crippen MR) is 107 cm³/mol. The number of carbonyl (C=O) groups is 1. The molecule has 0 radical (unpaired) electrons. The van der Waals surface area contributed by atoms with E-state index in [0.29, 0.717) is 25.1 Å². The van der Waals surface area contributed by atoms with Gasteiger partial charge in [-0.2, -0.15) is 0 Å². The van der Waals surface area contributed by atoms with Crippen LogP contribution in [0.4, 0.5) is 11.5 Å². The molecule has 1 saturated heterocycles. The third kappa shape index (κ3) is 3.91. The summed E-state index contributed by atoms with van der Waals surface area (Å²) in [4.78, 5) is 38.5. The first-order chi connectivity index (χ1) is 13.9. The Morgan fingerprint density at radius 3 is 2.69 bits per heavy atom. The summed E-state index contributed by atoms with van der Waals surface area (Å²) in [5, 5.41) is 11.0. The van der Waals surface area contributed by atoms with Gasteiger partial charge >= 0.3 is 0 Å². The molecule has 0 atom stereocenters. The summed E-state index contributed by atoms with van der Waals surface area (Å²) in [5.74, 6) is 1.48. The maximum absolute atomic E-state index is 13.0. The number of nitrogens with one attached hydrogen (secondary N) is 1. The minimum atomic E-state index is -0.480. The van der Waals surface area contributed by atoms with E-state index < -0.39 is 4.92 Å². The van der Waals surface area contributed by atoms with Gasteiger partial charge in [-0.05, 0) is 13.0 Å². The van der Waals surface area contributed by atoms with Crippen molar-refractivity contribution in [1.82, 2.24) is 14.9 Å². The van der Waals surface area contributed by atoms with E-state index in [0.717, 1.165) is 49.1 Å². The number of fused-ring (bicyclic) bond motifs is 1. The lowest BCUT2D eigenvalue weighted by atomic mass is 10.0. The van der Waals surface area contributed by atoms with Gasteiger partial charge in [0.25, 0.3) is 11.6 Å². The van der Waals surface area contributed by atoms with Gasteiger partial charge in [0.05, 0.1) is 50.4 Å². The van der Waals surface area contributed by atoms with Crippen molar-refractivity contribution in [2.24, 2.45) is 0 Å². The van der Waals surface area contributed by atoms with Crippen molar-refractivity contribution in [2.45, 2.75) is 19.9 Å². The molecule has 9 heteroatoms. The molecule has 2 aliphatic heterocycles. The number of piperazine rings is 1. The number of amides is 1. The molecule has 2 aliphatic rings. The molecule has 9 nitrogen and oxygen atoms in total. The van der Waals surface area contributed by atoms with E-state index in [1.165, 1.54) is 17.0 Å². The van der Waals surface area contributed by atoms with Gasteiger partial charge in [-0.15, -0.1) is 0 Å². The highest BCUT2D eigenvalue weighted by atomic mass is 16.6. The second kappa shape index (κ2) is 7.75. The molecule has 2 aromatic rings. The monoisotopic (exact) mass is 397 g/mol. The summed E-state index contributed by atoms with van der Waals surface area (Å²) >= 11 is 0. The number of aryl methyl sites for hydroxylation is 1. The number of likely N-dealkylation sites (N-methyl/N-ethyl adjacent to an activating group) is 1. The van der Waals surface area contributed by atoms with Crippen molar-refractivity contribution >= 4 is 17.4 Å². The molecule has 29 heavy (non-hydrogen) atoms. The molecule has 3 heterocycles. The van der Waals surface area contributed by atoms with Crippen molar-refractivity contribution in [3.63, 3.8) is 0 Å². The first-order valence-electron chi connectivity index (χ1n) is 9.89. The van der Waals surface area contributed by atoms with E-state index in [1.807, 2.05) is 6.92 Å². The summed E-state index contributed by atoms with van der Waals surface area (Å²) in [6.45, 7) is 6.82. The van der Waals surface area contributed by atoms with Crippen LogP contribution in [0, 0.1) is 17.0 Å². The van der Waals surface area contributed by atoms with Gasteiger partial charge in [-0.25, -0.2) is 9.97 Å². The van der Waals surface area contributed by atoms with Crippen molar-refractivity contribution in [2.75, 3.05) is 44.7 Å². The summed E-state index contributed by atoms with van der Waals surface area (Å²) in [7, 11) is 2.19.